The molecule has 2 heterocycles. The average Bonchev–Trinajstić information content (AvgIpc) is 2.20. The van der Waals surface area contributed by atoms with Crippen LogP contribution in [0.1, 0.15) is 12.5 Å². The predicted octanol–water partition coefficient (Wildman–Crippen LogP) is 1.20. The van der Waals surface area contributed by atoms with Gasteiger partial charge in [0.25, 0.3) is 0 Å². The zero-order valence-corrected chi connectivity index (χ0v) is 9.23. The zero-order valence-electron chi connectivity index (χ0n) is 9.23. The van der Waals surface area contributed by atoms with Gasteiger partial charge in [0.1, 0.15) is 0 Å². The Morgan fingerprint density at radius 3 is 3.07 bits per heavy atom. The summed E-state index contributed by atoms with van der Waals surface area (Å²) in [7, 11) is 0. The minimum Gasteiger partial charge on any atom is -0.396 e. The molecule has 82 valence electrons. The maximum atomic E-state index is 5.97. The van der Waals surface area contributed by atoms with Crippen LogP contribution < -0.4 is 10.6 Å². The average molecular weight is 207 g/mol. The van der Waals surface area contributed by atoms with Gasteiger partial charge >= 0.3 is 0 Å². The molecule has 4 heteroatoms. The van der Waals surface area contributed by atoms with Gasteiger partial charge in [-0.3, -0.25) is 0 Å². The van der Waals surface area contributed by atoms with Gasteiger partial charge < -0.3 is 15.4 Å². The van der Waals surface area contributed by atoms with Crippen molar-refractivity contribution in [3.8, 4) is 0 Å². The quantitative estimate of drug-likeness (QED) is 0.751. The van der Waals surface area contributed by atoms with Gasteiger partial charge in [-0.05, 0) is 25.5 Å². The van der Waals surface area contributed by atoms with E-state index in [-0.39, 0.29) is 0 Å². The van der Waals surface area contributed by atoms with Crippen molar-refractivity contribution in [2.75, 3.05) is 30.4 Å². The number of hydrogen-bond donors (Lipinski definition) is 1. The summed E-state index contributed by atoms with van der Waals surface area (Å²) < 4.78 is 5.39. The third-order valence-electron chi connectivity index (χ3n) is 2.67. The Morgan fingerprint density at radius 2 is 2.40 bits per heavy atom. The maximum Gasteiger partial charge on any atom is 0.152 e. The Bertz CT molecular complexity index is 354. The monoisotopic (exact) mass is 207 g/mol. The summed E-state index contributed by atoms with van der Waals surface area (Å²) in [4.78, 5) is 6.60. The third kappa shape index (κ3) is 2.04. The van der Waals surface area contributed by atoms with Crippen molar-refractivity contribution in [3.05, 3.63) is 17.8 Å². The molecule has 1 saturated heterocycles. The second-order valence-corrected chi connectivity index (χ2v) is 4.04. The molecule has 1 atom stereocenters. The SMILES string of the molecule is Cc1cnc(N2CCOCC2C)c(N)c1. The molecule has 1 aliphatic heterocycles. The fourth-order valence-electron chi connectivity index (χ4n) is 1.87. The normalized spacial score (nSPS) is 21.7. The maximum absolute atomic E-state index is 5.97. The molecule has 4 nitrogen and oxygen atoms in total. The number of ether oxygens (including phenoxy) is 1. The molecular weight excluding hydrogens is 190 g/mol. The Balaban J connectivity index is 2.27. The van der Waals surface area contributed by atoms with E-state index in [4.69, 9.17) is 10.5 Å². The summed E-state index contributed by atoms with van der Waals surface area (Å²) in [6.45, 7) is 6.48. The largest absolute Gasteiger partial charge is 0.396 e. The van der Waals surface area contributed by atoms with Crippen LogP contribution in [-0.2, 0) is 4.74 Å². The molecule has 2 rings (SSSR count). The fourth-order valence-corrected chi connectivity index (χ4v) is 1.87. The Labute approximate surface area is 90.0 Å². The molecule has 15 heavy (non-hydrogen) atoms. The van der Waals surface area contributed by atoms with Gasteiger partial charge in [-0.2, -0.15) is 0 Å². The summed E-state index contributed by atoms with van der Waals surface area (Å²) in [5.41, 5.74) is 7.82. The van der Waals surface area contributed by atoms with Crippen LogP contribution in [0.5, 0.6) is 0 Å². The smallest absolute Gasteiger partial charge is 0.152 e. The number of nitrogens with zero attached hydrogens (tertiary/aromatic N) is 2. The number of aryl methyl sites for hydroxylation is 1. The highest BCUT2D eigenvalue weighted by Gasteiger charge is 2.21. The van der Waals surface area contributed by atoms with Crippen molar-refractivity contribution in [1.82, 2.24) is 4.98 Å². The first kappa shape index (κ1) is 10.2. The van der Waals surface area contributed by atoms with Gasteiger partial charge in [0.05, 0.1) is 24.9 Å². The zero-order chi connectivity index (χ0) is 10.8. The van der Waals surface area contributed by atoms with E-state index in [0.29, 0.717) is 6.04 Å². The van der Waals surface area contributed by atoms with Crippen molar-refractivity contribution in [2.24, 2.45) is 0 Å². The number of rotatable bonds is 1. The molecule has 0 amide bonds. The molecule has 0 saturated carbocycles. The molecule has 0 aliphatic carbocycles. The fraction of sp³-hybridized carbons (Fsp3) is 0.545. The summed E-state index contributed by atoms with van der Waals surface area (Å²) >= 11 is 0. The van der Waals surface area contributed by atoms with Gasteiger partial charge in [0.15, 0.2) is 5.82 Å². The second-order valence-electron chi connectivity index (χ2n) is 4.04. The molecule has 1 aliphatic rings. The minimum atomic E-state index is 0.344. The van der Waals surface area contributed by atoms with Gasteiger partial charge in [-0.15, -0.1) is 0 Å². The highest BCUT2D eigenvalue weighted by molar-refractivity contribution is 5.63. The summed E-state index contributed by atoms with van der Waals surface area (Å²) in [5, 5.41) is 0. The van der Waals surface area contributed by atoms with Crippen molar-refractivity contribution >= 4 is 11.5 Å². The number of pyridine rings is 1. The van der Waals surface area contributed by atoms with Crippen LogP contribution in [0, 0.1) is 6.92 Å². The van der Waals surface area contributed by atoms with Crippen LogP contribution in [0.4, 0.5) is 11.5 Å². The predicted molar refractivity (Wildman–Crippen MR) is 61.0 cm³/mol. The highest BCUT2D eigenvalue weighted by atomic mass is 16.5. The topological polar surface area (TPSA) is 51.4 Å². The summed E-state index contributed by atoms with van der Waals surface area (Å²) in [6.07, 6.45) is 1.86. The van der Waals surface area contributed by atoms with Crippen LogP contribution in [0.2, 0.25) is 0 Å². The van der Waals surface area contributed by atoms with E-state index in [9.17, 15) is 0 Å². The lowest BCUT2D eigenvalue weighted by atomic mass is 10.2. The molecule has 1 fully saturated rings. The van der Waals surface area contributed by atoms with Crippen molar-refractivity contribution < 1.29 is 4.74 Å². The van der Waals surface area contributed by atoms with Crippen LogP contribution in [-0.4, -0.2) is 30.8 Å². The standard InChI is InChI=1S/C11H17N3O/c1-8-5-10(12)11(13-6-8)14-3-4-15-7-9(14)2/h5-6,9H,3-4,7,12H2,1-2H3. The highest BCUT2D eigenvalue weighted by Crippen LogP contribution is 2.24. The van der Waals surface area contributed by atoms with Crippen LogP contribution in [0.25, 0.3) is 0 Å². The van der Waals surface area contributed by atoms with Gasteiger partial charge in [0, 0.05) is 12.7 Å². The second kappa shape index (κ2) is 4.06. The lowest BCUT2D eigenvalue weighted by Gasteiger charge is -2.34. The Morgan fingerprint density at radius 1 is 1.60 bits per heavy atom. The number of nitrogens with two attached hydrogens (primary N) is 1. The van der Waals surface area contributed by atoms with Crippen LogP contribution >= 0.6 is 0 Å². The molecule has 1 aromatic rings. The molecular formula is C11H17N3O. The first-order chi connectivity index (χ1) is 7.18. The van der Waals surface area contributed by atoms with E-state index >= 15 is 0 Å². The number of morpholine rings is 1. The van der Waals surface area contributed by atoms with Gasteiger partial charge in [0.2, 0.25) is 0 Å². The molecule has 1 aromatic heterocycles. The third-order valence-corrected chi connectivity index (χ3v) is 2.67. The first-order valence-electron chi connectivity index (χ1n) is 5.25. The van der Waals surface area contributed by atoms with E-state index in [1.807, 2.05) is 19.2 Å². The minimum absolute atomic E-state index is 0.344. The first-order valence-corrected chi connectivity index (χ1v) is 5.25. The lowest BCUT2D eigenvalue weighted by molar-refractivity contribution is 0.0986. The number of aromatic nitrogens is 1. The van der Waals surface area contributed by atoms with Crippen molar-refractivity contribution in [3.63, 3.8) is 0 Å². The molecule has 0 radical (unpaired) electrons. The molecule has 0 aromatic carbocycles. The molecule has 0 spiro atoms. The van der Waals surface area contributed by atoms with E-state index < -0.39 is 0 Å². The van der Waals surface area contributed by atoms with E-state index in [1.54, 1.807) is 0 Å². The van der Waals surface area contributed by atoms with Crippen molar-refractivity contribution in [1.29, 1.82) is 0 Å². The van der Waals surface area contributed by atoms with Gasteiger partial charge in [-0.1, -0.05) is 0 Å². The van der Waals surface area contributed by atoms with Crippen LogP contribution in [0.3, 0.4) is 0 Å². The molecule has 0 bridgehead atoms. The van der Waals surface area contributed by atoms with E-state index in [0.717, 1.165) is 36.8 Å². The van der Waals surface area contributed by atoms with E-state index in [2.05, 4.69) is 16.8 Å². The summed E-state index contributed by atoms with van der Waals surface area (Å²) in [6, 6.07) is 2.31. The van der Waals surface area contributed by atoms with Gasteiger partial charge in [-0.25, -0.2) is 4.98 Å². The number of hydrogen-bond acceptors (Lipinski definition) is 4. The Hall–Kier alpha value is -1.29. The van der Waals surface area contributed by atoms with E-state index in [1.165, 1.54) is 0 Å². The molecule has 2 N–H and O–H groups in total. The number of anilines is 2. The summed E-state index contributed by atoms with van der Waals surface area (Å²) in [5.74, 6) is 0.886. The number of nitrogen functional groups attached to an aromatic ring is 1. The molecule has 1 unspecified atom stereocenters. The Kier molecular flexibility index (Phi) is 2.77. The lowest BCUT2D eigenvalue weighted by Crippen LogP contribution is -2.44. The van der Waals surface area contributed by atoms with Crippen LogP contribution in [0.15, 0.2) is 12.3 Å². The van der Waals surface area contributed by atoms with Crippen molar-refractivity contribution in [2.45, 2.75) is 19.9 Å².